The first-order chi connectivity index (χ1) is 12.1. The van der Waals surface area contributed by atoms with Gasteiger partial charge in [-0.2, -0.15) is 0 Å². The highest BCUT2D eigenvalue weighted by Crippen LogP contribution is 2.20. The summed E-state index contributed by atoms with van der Waals surface area (Å²) in [4.78, 5) is 29.3. The van der Waals surface area contributed by atoms with Gasteiger partial charge in [-0.3, -0.25) is 14.5 Å². The Morgan fingerprint density at radius 2 is 1.80 bits per heavy atom. The smallest absolute Gasteiger partial charge is 0.222 e. The average molecular weight is 352 g/mol. The van der Waals surface area contributed by atoms with E-state index in [0.717, 1.165) is 64.8 Å². The van der Waals surface area contributed by atoms with Crippen molar-refractivity contribution in [3.05, 3.63) is 0 Å². The van der Waals surface area contributed by atoms with Crippen molar-refractivity contribution in [3.8, 4) is 0 Å². The van der Waals surface area contributed by atoms with Crippen molar-refractivity contribution in [1.29, 1.82) is 0 Å². The molecule has 0 aliphatic carbocycles. The van der Waals surface area contributed by atoms with Crippen LogP contribution in [0.5, 0.6) is 0 Å². The van der Waals surface area contributed by atoms with Gasteiger partial charge in [0, 0.05) is 45.1 Å². The quantitative estimate of drug-likeness (QED) is 0.851. The van der Waals surface area contributed by atoms with Crippen LogP contribution in [-0.2, 0) is 9.59 Å². The highest BCUT2D eigenvalue weighted by molar-refractivity contribution is 5.76. The normalized spacial score (nSPS) is 24.7. The Bertz CT molecular complexity index is 425. The lowest BCUT2D eigenvalue weighted by molar-refractivity contribution is -0.131. The number of fused-ring (bicyclic) bond motifs is 1. The fraction of sp³-hybridized carbons (Fsp3) is 0.900. The van der Waals surface area contributed by atoms with Crippen LogP contribution < -0.4 is 5.32 Å². The van der Waals surface area contributed by atoms with Crippen molar-refractivity contribution in [2.75, 3.05) is 32.7 Å². The van der Waals surface area contributed by atoms with E-state index in [-0.39, 0.29) is 5.91 Å². The van der Waals surface area contributed by atoms with Gasteiger partial charge in [-0.25, -0.2) is 0 Å². The Morgan fingerprint density at radius 3 is 2.60 bits per heavy atom. The average Bonchev–Trinajstić information content (AvgIpc) is 2.60. The van der Waals surface area contributed by atoms with Gasteiger partial charge in [0.05, 0.1) is 0 Å². The van der Waals surface area contributed by atoms with E-state index in [1.54, 1.807) is 0 Å². The van der Waals surface area contributed by atoms with Gasteiger partial charge in [0.15, 0.2) is 0 Å². The maximum Gasteiger partial charge on any atom is 0.222 e. The third-order valence-corrected chi connectivity index (χ3v) is 5.51. The minimum atomic E-state index is 0.195. The second-order valence-electron chi connectivity index (χ2n) is 8.11. The number of hydrogen-bond acceptors (Lipinski definition) is 3. The molecule has 1 unspecified atom stereocenters. The number of nitrogens with zero attached hydrogens (tertiary/aromatic N) is 2. The molecule has 2 saturated heterocycles. The van der Waals surface area contributed by atoms with Gasteiger partial charge in [-0.15, -0.1) is 0 Å². The van der Waals surface area contributed by atoms with Crippen LogP contribution in [0.2, 0.25) is 0 Å². The molecular formula is C20H37N3O2. The van der Waals surface area contributed by atoms with Gasteiger partial charge >= 0.3 is 0 Å². The van der Waals surface area contributed by atoms with Crippen LogP contribution in [0, 0.1) is 5.92 Å². The van der Waals surface area contributed by atoms with Crippen LogP contribution in [-0.4, -0.2) is 60.4 Å². The van der Waals surface area contributed by atoms with Gasteiger partial charge in [-0.05, 0) is 51.0 Å². The summed E-state index contributed by atoms with van der Waals surface area (Å²) in [6.45, 7) is 8.88. The largest absolute Gasteiger partial charge is 0.356 e. The Labute approximate surface area is 153 Å². The number of carbonyl (C=O) groups excluding carboxylic acids is 2. The molecule has 2 fully saturated rings. The number of carbonyl (C=O) groups is 2. The molecule has 25 heavy (non-hydrogen) atoms. The molecule has 0 aromatic rings. The van der Waals surface area contributed by atoms with E-state index in [1.807, 2.05) is 0 Å². The minimum Gasteiger partial charge on any atom is -0.356 e. The number of rotatable bonds is 3. The van der Waals surface area contributed by atoms with Gasteiger partial charge in [0.2, 0.25) is 11.8 Å². The second kappa shape index (κ2) is 10.8. The fourth-order valence-corrected chi connectivity index (χ4v) is 3.92. The highest BCUT2D eigenvalue weighted by atomic mass is 16.2. The van der Waals surface area contributed by atoms with Crippen LogP contribution in [0.4, 0.5) is 0 Å². The third kappa shape index (κ3) is 7.35. The SMILES string of the molecule is CC(C)CCC(=O)N1CCCCNC(=O)CC2CCCCN2CCC1. The van der Waals surface area contributed by atoms with Crippen molar-refractivity contribution >= 4 is 11.8 Å². The van der Waals surface area contributed by atoms with Crippen molar-refractivity contribution in [2.45, 2.75) is 77.7 Å². The first-order valence-corrected chi connectivity index (χ1v) is 10.3. The second-order valence-corrected chi connectivity index (χ2v) is 8.11. The van der Waals surface area contributed by atoms with E-state index in [1.165, 1.54) is 12.8 Å². The van der Waals surface area contributed by atoms with Gasteiger partial charge in [-0.1, -0.05) is 20.3 Å². The molecular weight excluding hydrogens is 314 g/mol. The Balaban J connectivity index is 1.92. The predicted molar refractivity (Wildman–Crippen MR) is 101 cm³/mol. The summed E-state index contributed by atoms with van der Waals surface area (Å²) in [5.74, 6) is 1.08. The van der Waals surface area contributed by atoms with E-state index < -0.39 is 0 Å². The molecule has 1 atom stereocenters. The molecule has 2 heterocycles. The molecule has 0 bridgehead atoms. The van der Waals surface area contributed by atoms with E-state index in [4.69, 9.17) is 0 Å². The van der Waals surface area contributed by atoms with E-state index in [0.29, 0.717) is 30.7 Å². The third-order valence-electron chi connectivity index (χ3n) is 5.51. The van der Waals surface area contributed by atoms with Crippen LogP contribution in [0.15, 0.2) is 0 Å². The lowest BCUT2D eigenvalue weighted by Crippen LogP contribution is -2.44. The lowest BCUT2D eigenvalue weighted by atomic mass is 9.98. The zero-order valence-electron chi connectivity index (χ0n) is 16.3. The van der Waals surface area contributed by atoms with E-state index in [9.17, 15) is 9.59 Å². The van der Waals surface area contributed by atoms with Crippen molar-refractivity contribution in [2.24, 2.45) is 5.92 Å². The molecule has 5 nitrogen and oxygen atoms in total. The molecule has 1 N–H and O–H groups in total. The summed E-state index contributed by atoms with van der Waals surface area (Å²) in [5, 5.41) is 3.07. The first kappa shape index (κ1) is 20.2. The topological polar surface area (TPSA) is 52.7 Å². The molecule has 2 aliphatic heterocycles. The Morgan fingerprint density at radius 1 is 1.08 bits per heavy atom. The van der Waals surface area contributed by atoms with Gasteiger partial charge in [0.1, 0.15) is 0 Å². The van der Waals surface area contributed by atoms with Crippen molar-refractivity contribution in [3.63, 3.8) is 0 Å². The summed E-state index contributed by atoms with van der Waals surface area (Å²) < 4.78 is 0. The summed E-state index contributed by atoms with van der Waals surface area (Å²) in [5.41, 5.74) is 0. The van der Waals surface area contributed by atoms with Crippen LogP contribution in [0.25, 0.3) is 0 Å². The predicted octanol–water partition coefficient (Wildman–Crippen LogP) is 2.80. The van der Waals surface area contributed by atoms with Crippen molar-refractivity contribution < 1.29 is 9.59 Å². The summed E-state index contributed by atoms with van der Waals surface area (Å²) in [7, 11) is 0. The van der Waals surface area contributed by atoms with Crippen LogP contribution in [0.3, 0.4) is 0 Å². The minimum absolute atomic E-state index is 0.195. The number of amides is 2. The van der Waals surface area contributed by atoms with E-state index in [2.05, 4.69) is 29.0 Å². The molecule has 2 amide bonds. The molecule has 0 aromatic heterocycles. The zero-order valence-corrected chi connectivity index (χ0v) is 16.3. The maximum absolute atomic E-state index is 12.6. The molecule has 0 spiro atoms. The summed E-state index contributed by atoms with van der Waals surface area (Å²) >= 11 is 0. The Kier molecular flexibility index (Phi) is 8.73. The molecule has 144 valence electrons. The standard InChI is InChI=1S/C20H37N3O2/c1-17(2)9-10-20(25)23-13-6-4-11-21-19(24)16-18-8-3-5-12-22(18)14-7-15-23/h17-18H,3-16H2,1-2H3,(H,21,24). The maximum atomic E-state index is 12.6. The summed E-state index contributed by atoms with van der Waals surface area (Å²) in [6, 6.07) is 0.389. The molecule has 0 radical (unpaired) electrons. The fourth-order valence-electron chi connectivity index (χ4n) is 3.92. The van der Waals surface area contributed by atoms with Crippen molar-refractivity contribution in [1.82, 2.24) is 15.1 Å². The molecule has 0 aromatic carbocycles. The molecule has 2 rings (SSSR count). The summed E-state index contributed by atoms with van der Waals surface area (Å²) in [6.07, 6.45) is 8.81. The highest BCUT2D eigenvalue weighted by Gasteiger charge is 2.25. The number of piperidine rings is 1. The van der Waals surface area contributed by atoms with Gasteiger partial charge < -0.3 is 10.2 Å². The first-order valence-electron chi connectivity index (χ1n) is 10.3. The Hall–Kier alpha value is -1.10. The molecule has 2 aliphatic rings. The zero-order chi connectivity index (χ0) is 18.1. The van der Waals surface area contributed by atoms with Crippen LogP contribution >= 0.6 is 0 Å². The van der Waals surface area contributed by atoms with E-state index >= 15 is 0 Å². The van der Waals surface area contributed by atoms with Crippen LogP contribution in [0.1, 0.15) is 71.6 Å². The number of nitrogens with one attached hydrogen (secondary N) is 1. The monoisotopic (exact) mass is 351 g/mol. The molecule has 5 heteroatoms. The molecule has 0 saturated carbocycles. The van der Waals surface area contributed by atoms with Gasteiger partial charge in [0.25, 0.3) is 0 Å². The lowest BCUT2D eigenvalue weighted by Gasteiger charge is -2.35. The number of hydrogen-bond donors (Lipinski definition) is 1.